The lowest BCUT2D eigenvalue weighted by Gasteiger charge is -2.21. The van der Waals surface area contributed by atoms with Gasteiger partial charge in [-0.15, -0.1) is 0 Å². The summed E-state index contributed by atoms with van der Waals surface area (Å²) >= 11 is 0. The predicted molar refractivity (Wildman–Crippen MR) is 96.3 cm³/mol. The molecule has 1 aliphatic rings. The van der Waals surface area contributed by atoms with Crippen LogP contribution < -0.4 is 15.5 Å². The van der Waals surface area contributed by atoms with E-state index in [4.69, 9.17) is 4.42 Å². The van der Waals surface area contributed by atoms with Crippen LogP contribution in [-0.4, -0.2) is 30.8 Å². The first-order valence-corrected chi connectivity index (χ1v) is 8.31. The van der Waals surface area contributed by atoms with E-state index in [2.05, 4.69) is 39.8 Å². The minimum absolute atomic E-state index is 0.0613. The van der Waals surface area contributed by atoms with Gasteiger partial charge in [0, 0.05) is 25.3 Å². The third kappa shape index (κ3) is 4.42. The minimum Gasteiger partial charge on any atom is -0.466 e. The maximum atomic E-state index is 12.0. The van der Waals surface area contributed by atoms with Gasteiger partial charge in [-0.2, -0.15) is 0 Å². The van der Waals surface area contributed by atoms with E-state index in [0.29, 0.717) is 12.3 Å². The van der Waals surface area contributed by atoms with Gasteiger partial charge in [0.25, 0.3) is 0 Å². The number of anilines is 1. The van der Waals surface area contributed by atoms with Gasteiger partial charge in [-0.1, -0.05) is 24.3 Å². The normalized spacial score (nSPS) is 15.8. The van der Waals surface area contributed by atoms with Crippen molar-refractivity contribution < 1.29 is 14.3 Å². The minimum atomic E-state index is -1.25. The van der Waals surface area contributed by atoms with Gasteiger partial charge in [-0.25, -0.2) is 4.79 Å². The fourth-order valence-corrected chi connectivity index (χ4v) is 2.72. The van der Waals surface area contributed by atoms with Gasteiger partial charge in [-0.3, -0.25) is 0 Å². The molecular weight excluding hydrogens is 318 g/mol. The zero-order valence-electron chi connectivity index (χ0n) is 14.2. The summed E-state index contributed by atoms with van der Waals surface area (Å²) in [4.78, 5) is 14.2. The highest BCUT2D eigenvalue weighted by molar-refractivity contribution is 5.74. The van der Waals surface area contributed by atoms with E-state index in [1.54, 1.807) is 19.1 Å². The maximum Gasteiger partial charge on any atom is 0.315 e. The van der Waals surface area contributed by atoms with Crippen LogP contribution in [0.4, 0.5) is 10.5 Å². The van der Waals surface area contributed by atoms with Crippen LogP contribution in [0.1, 0.15) is 18.2 Å². The molecule has 0 radical (unpaired) electrons. The topological polar surface area (TPSA) is 77.7 Å². The Labute approximate surface area is 147 Å². The Balaban J connectivity index is 1.48. The van der Waals surface area contributed by atoms with Crippen LogP contribution >= 0.6 is 0 Å². The maximum absolute atomic E-state index is 12.0. The summed E-state index contributed by atoms with van der Waals surface area (Å²) in [7, 11) is 0. The number of nitrogens with one attached hydrogen (secondary N) is 2. The molecule has 3 N–H and O–H groups in total. The summed E-state index contributed by atoms with van der Waals surface area (Å²) in [6, 6.07) is 11.2. The Morgan fingerprint density at radius 3 is 2.76 bits per heavy atom. The number of aliphatic hydroxyl groups is 1. The Hall–Kier alpha value is -2.73. The number of furan rings is 1. The average molecular weight is 341 g/mol. The number of nitrogens with zero attached hydrogens (tertiary/aromatic N) is 1. The molecule has 0 bridgehead atoms. The number of benzene rings is 1. The fourth-order valence-electron chi connectivity index (χ4n) is 2.72. The number of hydrogen-bond acceptors (Lipinski definition) is 4. The number of amides is 2. The Morgan fingerprint density at radius 2 is 2.04 bits per heavy atom. The van der Waals surface area contributed by atoms with Crippen LogP contribution in [0.15, 0.2) is 59.2 Å². The van der Waals surface area contributed by atoms with Crippen LogP contribution in [0.25, 0.3) is 0 Å². The largest absolute Gasteiger partial charge is 0.466 e. The van der Waals surface area contributed by atoms with Gasteiger partial charge in [0.05, 0.1) is 12.8 Å². The number of carbonyl (C=O) groups excluding carboxylic acids is 1. The molecule has 25 heavy (non-hydrogen) atoms. The van der Waals surface area contributed by atoms with E-state index in [1.165, 1.54) is 6.26 Å². The summed E-state index contributed by atoms with van der Waals surface area (Å²) in [5.41, 5.74) is 0.923. The number of hydrogen-bond donors (Lipinski definition) is 3. The summed E-state index contributed by atoms with van der Waals surface area (Å²) in [5, 5.41) is 15.8. The zero-order valence-corrected chi connectivity index (χ0v) is 14.2. The fraction of sp³-hybridized carbons (Fsp3) is 0.316. The Morgan fingerprint density at radius 1 is 1.24 bits per heavy atom. The van der Waals surface area contributed by atoms with Crippen LogP contribution in [0.3, 0.4) is 0 Å². The summed E-state index contributed by atoms with van der Waals surface area (Å²) in [5.74, 6) is 0.416. The van der Waals surface area contributed by atoms with Crippen molar-refractivity contribution in [3.05, 3.63) is 66.1 Å². The van der Waals surface area contributed by atoms with Crippen LogP contribution in [0.5, 0.6) is 0 Å². The van der Waals surface area contributed by atoms with Crippen molar-refractivity contribution in [1.29, 1.82) is 0 Å². The second-order valence-corrected chi connectivity index (χ2v) is 6.33. The van der Waals surface area contributed by atoms with Crippen molar-refractivity contribution >= 4 is 11.7 Å². The van der Waals surface area contributed by atoms with Gasteiger partial charge in [0.15, 0.2) is 0 Å². The lowest BCUT2D eigenvalue weighted by molar-refractivity contribution is 0.0367. The molecule has 1 aromatic heterocycles. The zero-order chi connectivity index (χ0) is 17.7. The number of urea groups is 1. The molecule has 6 nitrogen and oxygen atoms in total. The van der Waals surface area contributed by atoms with Gasteiger partial charge < -0.3 is 25.1 Å². The average Bonchev–Trinajstić information content (AvgIpc) is 3.32. The molecule has 3 rings (SSSR count). The molecule has 6 heteroatoms. The Kier molecular flexibility index (Phi) is 5.09. The monoisotopic (exact) mass is 341 g/mol. The van der Waals surface area contributed by atoms with Crippen molar-refractivity contribution in [3.8, 4) is 0 Å². The van der Waals surface area contributed by atoms with E-state index in [9.17, 15) is 9.90 Å². The highest BCUT2D eigenvalue weighted by Gasteiger charge is 2.26. The molecule has 0 spiro atoms. The second-order valence-electron chi connectivity index (χ2n) is 6.33. The third-order valence-corrected chi connectivity index (χ3v) is 4.19. The molecule has 1 unspecified atom stereocenters. The standard InChI is InChI=1S/C19H23N3O3/c1-19(24,17-8-5-11-25-17)14-21-18(23)20-13-15-6-4-7-16(12-15)22-9-2-3-10-22/h2-8,11-12,24H,9-10,13-14H2,1H3,(H2,20,21,23). The number of rotatable bonds is 6. The number of carbonyl (C=O) groups is 1. The smallest absolute Gasteiger partial charge is 0.315 e. The molecule has 0 fully saturated rings. The lowest BCUT2D eigenvalue weighted by atomic mass is 10.0. The van der Waals surface area contributed by atoms with Crippen molar-refractivity contribution in [2.24, 2.45) is 0 Å². The highest BCUT2D eigenvalue weighted by Crippen LogP contribution is 2.20. The second kappa shape index (κ2) is 7.44. The van der Waals surface area contributed by atoms with Crippen molar-refractivity contribution in [2.75, 3.05) is 24.5 Å². The van der Waals surface area contributed by atoms with E-state index < -0.39 is 5.60 Å². The van der Waals surface area contributed by atoms with E-state index in [-0.39, 0.29) is 12.6 Å². The van der Waals surface area contributed by atoms with Crippen LogP contribution in [0.2, 0.25) is 0 Å². The van der Waals surface area contributed by atoms with Gasteiger partial charge >= 0.3 is 6.03 Å². The molecule has 132 valence electrons. The van der Waals surface area contributed by atoms with Crippen molar-refractivity contribution in [3.63, 3.8) is 0 Å². The van der Waals surface area contributed by atoms with Gasteiger partial charge in [0.1, 0.15) is 11.4 Å². The summed E-state index contributed by atoms with van der Waals surface area (Å²) in [6.07, 6.45) is 5.78. The van der Waals surface area contributed by atoms with Crippen LogP contribution in [-0.2, 0) is 12.1 Å². The summed E-state index contributed by atoms with van der Waals surface area (Å²) < 4.78 is 5.19. The molecule has 2 heterocycles. The van der Waals surface area contributed by atoms with Crippen LogP contribution in [0, 0.1) is 0 Å². The molecule has 2 aromatic rings. The van der Waals surface area contributed by atoms with Crippen molar-refractivity contribution in [1.82, 2.24) is 10.6 Å². The Bertz CT molecular complexity index is 730. The van der Waals surface area contributed by atoms with Crippen molar-refractivity contribution in [2.45, 2.75) is 19.1 Å². The van der Waals surface area contributed by atoms with E-state index >= 15 is 0 Å². The molecule has 1 aromatic carbocycles. The molecular formula is C19H23N3O3. The predicted octanol–water partition coefficient (Wildman–Crippen LogP) is 2.36. The third-order valence-electron chi connectivity index (χ3n) is 4.19. The molecule has 0 aliphatic carbocycles. The summed E-state index contributed by atoms with van der Waals surface area (Å²) in [6.45, 7) is 3.91. The first-order valence-electron chi connectivity index (χ1n) is 8.31. The molecule has 0 saturated heterocycles. The van der Waals surface area contributed by atoms with E-state index in [1.807, 2.05) is 12.1 Å². The quantitative estimate of drug-likeness (QED) is 0.705. The highest BCUT2D eigenvalue weighted by atomic mass is 16.4. The molecule has 1 aliphatic heterocycles. The molecule has 2 amide bonds. The molecule has 0 saturated carbocycles. The SMILES string of the molecule is CC(O)(CNC(=O)NCc1cccc(N2CC=CC2)c1)c1ccco1. The first kappa shape index (κ1) is 17.1. The van der Waals surface area contributed by atoms with Gasteiger partial charge in [-0.05, 0) is 36.8 Å². The van der Waals surface area contributed by atoms with E-state index in [0.717, 1.165) is 24.3 Å². The molecule has 1 atom stereocenters. The lowest BCUT2D eigenvalue weighted by Crippen LogP contribution is -2.43. The first-order chi connectivity index (χ1) is 12.0. The van der Waals surface area contributed by atoms with Gasteiger partial charge in [0.2, 0.25) is 0 Å².